The van der Waals surface area contributed by atoms with Gasteiger partial charge in [-0.1, -0.05) is 57.4 Å². The van der Waals surface area contributed by atoms with E-state index in [1.165, 1.54) is 57.8 Å². The SMILES string of the molecule is CCCCOc1ccc(C#CC=C[C@H]2CC[C@H]([C@H]3CC[C@H](CC)CC3)CC2)cc1. The molecule has 2 fully saturated rings. The summed E-state index contributed by atoms with van der Waals surface area (Å²) < 4.78 is 5.71. The van der Waals surface area contributed by atoms with Crippen molar-refractivity contribution in [2.45, 2.75) is 84.5 Å². The molecule has 158 valence electrons. The van der Waals surface area contributed by atoms with Crippen LogP contribution >= 0.6 is 0 Å². The average molecular weight is 393 g/mol. The van der Waals surface area contributed by atoms with Crippen molar-refractivity contribution >= 4 is 0 Å². The second kappa shape index (κ2) is 12.1. The Morgan fingerprint density at radius 2 is 1.55 bits per heavy atom. The molecular weight excluding hydrogens is 352 g/mol. The second-order valence-corrected chi connectivity index (χ2v) is 9.22. The summed E-state index contributed by atoms with van der Waals surface area (Å²) in [6, 6.07) is 8.17. The summed E-state index contributed by atoms with van der Waals surface area (Å²) in [7, 11) is 0. The summed E-state index contributed by atoms with van der Waals surface area (Å²) in [5, 5.41) is 0. The van der Waals surface area contributed by atoms with Crippen LogP contribution in [0.5, 0.6) is 5.75 Å². The molecule has 1 nitrogen and oxygen atoms in total. The molecule has 0 bridgehead atoms. The van der Waals surface area contributed by atoms with E-state index in [9.17, 15) is 0 Å². The number of rotatable bonds is 7. The van der Waals surface area contributed by atoms with E-state index >= 15 is 0 Å². The maximum Gasteiger partial charge on any atom is 0.119 e. The predicted molar refractivity (Wildman–Crippen MR) is 124 cm³/mol. The lowest BCUT2D eigenvalue weighted by Gasteiger charge is -2.37. The summed E-state index contributed by atoms with van der Waals surface area (Å²) in [6.45, 7) is 5.34. The van der Waals surface area contributed by atoms with Crippen LogP contribution in [0.25, 0.3) is 0 Å². The zero-order valence-corrected chi connectivity index (χ0v) is 18.7. The van der Waals surface area contributed by atoms with E-state index in [0.29, 0.717) is 0 Å². The summed E-state index contributed by atoms with van der Waals surface area (Å²) in [4.78, 5) is 0. The molecule has 3 rings (SSSR count). The monoisotopic (exact) mass is 392 g/mol. The Morgan fingerprint density at radius 3 is 2.17 bits per heavy atom. The highest BCUT2D eigenvalue weighted by Crippen LogP contribution is 2.42. The standard InChI is InChI=1S/C28H40O/c1-3-5-22-29-28-20-14-25(15-21-28)9-7-6-8-24-12-18-27(19-13-24)26-16-10-23(4-2)11-17-26/h6,8,14-15,20-21,23-24,26-27H,3-5,10-13,16-19,22H2,1-2H3/t23-,24-,26-,27-. The molecule has 0 saturated heterocycles. The number of ether oxygens (including phenoxy) is 1. The van der Waals surface area contributed by atoms with Gasteiger partial charge < -0.3 is 4.74 Å². The smallest absolute Gasteiger partial charge is 0.119 e. The van der Waals surface area contributed by atoms with Gasteiger partial charge in [-0.25, -0.2) is 0 Å². The molecular formula is C28H40O. The van der Waals surface area contributed by atoms with Crippen molar-refractivity contribution in [1.29, 1.82) is 0 Å². The van der Waals surface area contributed by atoms with Crippen molar-refractivity contribution in [3.8, 4) is 17.6 Å². The van der Waals surface area contributed by atoms with E-state index in [0.717, 1.165) is 54.4 Å². The van der Waals surface area contributed by atoms with Crippen LogP contribution in [-0.4, -0.2) is 6.61 Å². The molecule has 2 aliphatic rings. The number of hydrogen-bond acceptors (Lipinski definition) is 1. The van der Waals surface area contributed by atoms with Gasteiger partial charge in [0.1, 0.15) is 5.75 Å². The molecule has 1 aromatic rings. The van der Waals surface area contributed by atoms with Crippen LogP contribution in [0.1, 0.15) is 90.0 Å². The largest absolute Gasteiger partial charge is 0.494 e. The van der Waals surface area contributed by atoms with Gasteiger partial charge in [-0.15, -0.1) is 0 Å². The van der Waals surface area contributed by atoms with E-state index in [1.807, 2.05) is 12.1 Å². The number of allylic oxidation sites excluding steroid dienone is 2. The normalized spacial score (nSPS) is 27.4. The lowest BCUT2D eigenvalue weighted by atomic mass is 9.69. The summed E-state index contributed by atoms with van der Waals surface area (Å²) in [5.74, 6) is 11.2. The first-order chi connectivity index (χ1) is 14.3. The highest BCUT2D eigenvalue weighted by atomic mass is 16.5. The number of benzene rings is 1. The Kier molecular flexibility index (Phi) is 9.20. The second-order valence-electron chi connectivity index (χ2n) is 9.22. The fourth-order valence-electron chi connectivity index (χ4n) is 5.15. The third-order valence-electron chi connectivity index (χ3n) is 7.24. The predicted octanol–water partition coefficient (Wildman–Crippen LogP) is 7.80. The maximum absolute atomic E-state index is 5.71. The third-order valence-corrected chi connectivity index (χ3v) is 7.24. The molecule has 0 aliphatic heterocycles. The van der Waals surface area contributed by atoms with Crippen LogP contribution in [0.15, 0.2) is 36.4 Å². The van der Waals surface area contributed by atoms with Gasteiger partial charge in [-0.05, 0) is 99.0 Å². The highest BCUT2D eigenvalue weighted by Gasteiger charge is 2.29. The van der Waals surface area contributed by atoms with Crippen molar-refractivity contribution < 1.29 is 4.74 Å². The van der Waals surface area contributed by atoms with Crippen molar-refractivity contribution in [3.05, 3.63) is 42.0 Å². The zero-order chi connectivity index (χ0) is 20.3. The Morgan fingerprint density at radius 1 is 0.897 bits per heavy atom. The van der Waals surface area contributed by atoms with Gasteiger partial charge in [0, 0.05) is 5.56 Å². The van der Waals surface area contributed by atoms with Crippen LogP contribution in [0.3, 0.4) is 0 Å². The molecule has 0 aromatic heterocycles. The molecule has 0 radical (unpaired) electrons. The van der Waals surface area contributed by atoms with Crippen molar-refractivity contribution in [3.63, 3.8) is 0 Å². The molecule has 1 heteroatoms. The van der Waals surface area contributed by atoms with Gasteiger partial charge in [0.25, 0.3) is 0 Å². The van der Waals surface area contributed by atoms with Gasteiger partial charge in [0.2, 0.25) is 0 Å². The van der Waals surface area contributed by atoms with Gasteiger partial charge in [-0.2, -0.15) is 0 Å². The molecule has 0 spiro atoms. The number of unbranched alkanes of at least 4 members (excludes halogenated alkanes) is 1. The Balaban J connectivity index is 1.38. The van der Waals surface area contributed by atoms with E-state index in [4.69, 9.17) is 4.74 Å². The molecule has 29 heavy (non-hydrogen) atoms. The van der Waals surface area contributed by atoms with Gasteiger partial charge in [0.05, 0.1) is 6.61 Å². The van der Waals surface area contributed by atoms with Gasteiger partial charge in [0.15, 0.2) is 0 Å². The quantitative estimate of drug-likeness (QED) is 0.340. The average Bonchev–Trinajstić information content (AvgIpc) is 2.78. The Labute approximate surface area is 179 Å². The fraction of sp³-hybridized carbons (Fsp3) is 0.643. The lowest BCUT2D eigenvalue weighted by Crippen LogP contribution is -2.25. The molecule has 0 heterocycles. The highest BCUT2D eigenvalue weighted by molar-refractivity contribution is 5.40. The van der Waals surface area contributed by atoms with Crippen LogP contribution in [0.2, 0.25) is 0 Å². The summed E-state index contributed by atoms with van der Waals surface area (Å²) >= 11 is 0. The van der Waals surface area contributed by atoms with Crippen molar-refractivity contribution in [2.75, 3.05) is 6.61 Å². The van der Waals surface area contributed by atoms with Crippen LogP contribution in [0, 0.1) is 35.5 Å². The van der Waals surface area contributed by atoms with E-state index in [1.54, 1.807) is 0 Å². The summed E-state index contributed by atoms with van der Waals surface area (Å²) in [6.07, 6.45) is 19.7. The Hall–Kier alpha value is -1.68. The van der Waals surface area contributed by atoms with Crippen LogP contribution < -0.4 is 4.74 Å². The first kappa shape index (κ1) is 22.0. The van der Waals surface area contributed by atoms with E-state index < -0.39 is 0 Å². The minimum absolute atomic E-state index is 0.738. The van der Waals surface area contributed by atoms with E-state index in [2.05, 4.69) is 50.0 Å². The molecule has 2 saturated carbocycles. The minimum Gasteiger partial charge on any atom is -0.494 e. The molecule has 1 aromatic carbocycles. The molecule has 0 amide bonds. The lowest BCUT2D eigenvalue weighted by molar-refractivity contribution is 0.154. The maximum atomic E-state index is 5.71. The molecule has 0 unspecified atom stereocenters. The van der Waals surface area contributed by atoms with Crippen LogP contribution in [0.4, 0.5) is 0 Å². The first-order valence-corrected chi connectivity index (χ1v) is 12.2. The fourth-order valence-corrected chi connectivity index (χ4v) is 5.15. The summed E-state index contributed by atoms with van der Waals surface area (Å²) in [5.41, 5.74) is 1.06. The Bertz CT molecular complexity index is 659. The topological polar surface area (TPSA) is 9.23 Å². The van der Waals surface area contributed by atoms with Gasteiger partial charge >= 0.3 is 0 Å². The number of hydrogen-bond donors (Lipinski definition) is 0. The van der Waals surface area contributed by atoms with Crippen molar-refractivity contribution in [1.82, 2.24) is 0 Å². The van der Waals surface area contributed by atoms with E-state index in [-0.39, 0.29) is 0 Å². The third kappa shape index (κ3) is 7.26. The van der Waals surface area contributed by atoms with Gasteiger partial charge in [-0.3, -0.25) is 0 Å². The molecule has 2 aliphatic carbocycles. The van der Waals surface area contributed by atoms with Crippen LogP contribution in [-0.2, 0) is 0 Å². The molecule has 0 atom stereocenters. The van der Waals surface area contributed by atoms with Crippen molar-refractivity contribution in [2.24, 2.45) is 23.7 Å². The zero-order valence-electron chi connectivity index (χ0n) is 18.7. The minimum atomic E-state index is 0.738. The first-order valence-electron chi connectivity index (χ1n) is 12.2. The molecule has 0 N–H and O–H groups in total.